The predicted octanol–water partition coefficient (Wildman–Crippen LogP) is 4.02. The predicted molar refractivity (Wildman–Crippen MR) is 80.1 cm³/mol. The van der Waals surface area contributed by atoms with Crippen LogP contribution in [0.5, 0.6) is 0 Å². The Morgan fingerprint density at radius 3 is 2.74 bits per heavy atom. The van der Waals surface area contributed by atoms with Crippen LogP contribution in [-0.4, -0.2) is 17.2 Å². The molecule has 1 aromatic carbocycles. The van der Waals surface area contributed by atoms with E-state index in [0.717, 1.165) is 6.42 Å². The number of amides is 1. The molecule has 0 radical (unpaired) electrons. The lowest BCUT2D eigenvalue weighted by atomic mass is 10.0. The van der Waals surface area contributed by atoms with E-state index in [-0.39, 0.29) is 17.3 Å². The number of nitrogens with one attached hydrogen (secondary N) is 1. The molecule has 0 fully saturated rings. The van der Waals surface area contributed by atoms with E-state index in [0.29, 0.717) is 22.1 Å². The maximum Gasteiger partial charge on any atom is 0.230 e. The summed E-state index contributed by atoms with van der Waals surface area (Å²) in [5, 5.41) is 3.34. The molecule has 0 aliphatic carbocycles. The Morgan fingerprint density at radius 2 is 2.16 bits per heavy atom. The molecule has 0 aliphatic rings. The van der Waals surface area contributed by atoms with Crippen molar-refractivity contribution in [2.75, 3.05) is 5.75 Å². The second kappa shape index (κ2) is 7.15. The molecule has 5 heteroatoms. The minimum Gasteiger partial charge on any atom is -0.351 e. The van der Waals surface area contributed by atoms with Crippen LogP contribution in [-0.2, 0) is 10.5 Å². The van der Waals surface area contributed by atoms with Gasteiger partial charge in [0.1, 0.15) is 5.82 Å². The third-order valence-corrected chi connectivity index (χ3v) is 4.22. The third-order valence-electron chi connectivity index (χ3n) is 2.90. The SMILES string of the molecule is CCC(C)(C)NC(=O)CSCc1c(F)cccc1Cl. The summed E-state index contributed by atoms with van der Waals surface area (Å²) in [6.45, 7) is 5.97. The maximum atomic E-state index is 13.5. The van der Waals surface area contributed by atoms with Gasteiger partial charge in [-0.05, 0) is 32.4 Å². The summed E-state index contributed by atoms with van der Waals surface area (Å²) in [4.78, 5) is 11.7. The second-order valence-electron chi connectivity index (χ2n) is 4.98. The number of rotatable bonds is 6. The van der Waals surface area contributed by atoms with Crippen LogP contribution in [0, 0.1) is 5.82 Å². The van der Waals surface area contributed by atoms with Crippen molar-refractivity contribution in [1.82, 2.24) is 5.32 Å². The average molecular weight is 304 g/mol. The Morgan fingerprint density at radius 1 is 1.47 bits per heavy atom. The van der Waals surface area contributed by atoms with E-state index in [4.69, 9.17) is 11.6 Å². The molecule has 19 heavy (non-hydrogen) atoms. The first-order valence-electron chi connectivity index (χ1n) is 6.17. The topological polar surface area (TPSA) is 29.1 Å². The Bertz CT molecular complexity index is 431. The van der Waals surface area contributed by atoms with E-state index in [2.05, 4.69) is 5.32 Å². The number of benzene rings is 1. The molecule has 0 unspecified atom stereocenters. The fourth-order valence-electron chi connectivity index (χ4n) is 1.42. The fraction of sp³-hybridized carbons (Fsp3) is 0.500. The summed E-state index contributed by atoms with van der Waals surface area (Å²) in [5.41, 5.74) is 0.254. The zero-order chi connectivity index (χ0) is 14.5. The minimum atomic E-state index is -0.325. The molecule has 1 aromatic rings. The van der Waals surface area contributed by atoms with Gasteiger partial charge in [0.05, 0.1) is 5.75 Å². The highest BCUT2D eigenvalue weighted by atomic mass is 35.5. The van der Waals surface area contributed by atoms with E-state index < -0.39 is 0 Å². The van der Waals surface area contributed by atoms with Crippen molar-refractivity contribution in [3.05, 3.63) is 34.6 Å². The summed E-state index contributed by atoms with van der Waals surface area (Å²) in [6.07, 6.45) is 0.864. The van der Waals surface area contributed by atoms with Crippen molar-refractivity contribution in [2.45, 2.75) is 38.5 Å². The lowest BCUT2D eigenvalue weighted by molar-refractivity contribution is -0.120. The number of carbonyl (C=O) groups is 1. The lowest BCUT2D eigenvalue weighted by Gasteiger charge is -2.24. The smallest absolute Gasteiger partial charge is 0.230 e. The molecule has 0 spiro atoms. The molecule has 2 nitrogen and oxygen atoms in total. The number of hydrogen-bond acceptors (Lipinski definition) is 2. The van der Waals surface area contributed by atoms with Crippen molar-refractivity contribution in [2.24, 2.45) is 0 Å². The van der Waals surface area contributed by atoms with Crippen molar-refractivity contribution in [1.29, 1.82) is 0 Å². The van der Waals surface area contributed by atoms with Crippen LogP contribution in [0.2, 0.25) is 5.02 Å². The molecule has 0 aliphatic heterocycles. The monoisotopic (exact) mass is 303 g/mol. The second-order valence-corrected chi connectivity index (χ2v) is 6.37. The van der Waals surface area contributed by atoms with E-state index >= 15 is 0 Å². The van der Waals surface area contributed by atoms with Gasteiger partial charge in [0.25, 0.3) is 0 Å². The van der Waals surface area contributed by atoms with Gasteiger partial charge in [-0.3, -0.25) is 4.79 Å². The van der Waals surface area contributed by atoms with Gasteiger partial charge in [-0.15, -0.1) is 11.8 Å². The van der Waals surface area contributed by atoms with Crippen molar-refractivity contribution >= 4 is 29.3 Å². The zero-order valence-electron chi connectivity index (χ0n) is 11.4. The molecule has 0 saturated carbocycles. The molecule has 1 amide bonds. The normalized spacial score (nSPS) is 11.4. The van der Waals surface area contributed by atoms with Gasteiger partial charge in [-0.2, -0.15) is 0 Å². The lowest BCUT2D eigenvalue weighted by Crippen LogP contribution is -2.43. The molecule has 1 N–H and O–H groups in total. The van der Waals surface area contributed by atoms with Crippen molar-refractivity contribution in [3.8, 4) is 0 Å². The maximum absolute atomic E-state index is 13.5. The molecule has 0 heterocycles. The standard InChI is InChI=1S/C14H19ClFNOS/c1-4-14(2,3)17-13(18)9-19-8-10-11(15)6-5-7-12(10)16/h5-7H,4,8-9H2,1-3H3,(H,17,18). The van der Waals surface area contributed by atoms with Gasteiger partial charge in [0.2, 0.25) is 5.91 Å². The number of thioether (sulfide) groups is 1. The Labute approximate surface area is 123 Å². The molecule has 0 saturated heterocycles. The van der Waals surface area contributed by atoms with Crippen LogP contribution in [0.1, 0.15) is 32.8 Å². The van der Waals surface area contributed by atoms with Crippen molar-refractivity contribution < 1.29 is 9.18 Å². The minimum absolute atomic E-state index is 0.0377. The van der Waals surface area contributed by atoms with E-state index in [1.165, 1.54) is 17.8 Å². The first kappa shape index (κ1) is 16.3. The number of hydrogen-bond donors (Lipinski definition) is 1. The summed E-state index contributed by atoms with van der Waals surface area (Å²) >= 11 is 7.28. The Balaban J connectivity index is 2.45. The zero-order valence-corrected chi connectivity index (χ0v) is 13.0. The van der Waals surface area contributed by atoms with E-state index in [9.17, 15) is 9.18 Å². The number of halogens is 2. The summed E-state index contributed by atoms with van der Waals surface area (Å²) in [6, 6.07) is 4.60. The van der Waals surface area contributed by atoms with E-state index in [1.54, 1.807) is 12.1 Å². The molecular weight excluding hydrogens is 285 g/mol. The summed E-state index contributed by atoms with van der Waals surface area (Å²) in [5.74, 6) is 0.332. The van der Waals surface area contributed by atoms with Crippen LogP contribution in [0.4, 0.5) is 4.39 Å². The van der Waals surface area contributed by atoms with Gasteiger partial charge in [0.15, 0.2) is 0 Å². The quantitative estimate of drug-likeness (QED) is 0.860. The highest BCUT2D eigenvalue weighted by molar-refractivity contribution is 7.99. The first-order chi connectivity index (χ1) is 8.85. The van der Waals surface area contributed by atoms with Crippen LogP contribution in [0.25, 0.3) is 0 Å². The largest absolute Gasteiger partial charge is 0.351 e. The van der Waals surface area contributed by atoms with E-state index in [1.807, 2.05) is 20.8 Å². The molecular formula is C14H19ClFNOS. The molecule has 0 bridgehead atoms. The summed E-state index contributed by atoms with van der Waals surface area (Å²) in [7, 11) is 0. The number of carbonyl (C=O) groups excluding carboxylic acids is 1. The third kappa shape index (κ3) is 5.41. The molecule has 1 rings (SSSR count). The van der Waals surface area contributed by atoms with Gasteiger partial charge in [-0.25, -0.2) is 4.39 Å². The van der Waals surface area contributed by atoms with Gasteiger partial charge in [0, 0.05) is 21.9 Å². The highest BCUT2D eigenvalue weighted by Crippen LogP contribution is 2.23. The Kier molecular flexibility index (Phi) is 6.14. The molecule has 0 atom stereocenters. The highest BCUT2D eigenvalue weighted by Gasteiger charge is 2.17. The van der Waals surface area contributed by atoms with Gasteiger partial charge in [-0.1, -0.05) is 24.6 Å². The van der Waals surface area contributed by atoms with Crippen LogP contribution < -0.4 is 5.32 Å². The van der Waals surface area contributed by atoms with Crippen molar-refractivity contribution in [3.63, 3.8) is 0 Å². The van der Waals surface area contributed by atoms with Gasteiger partial charge >= 0.3 is 0 Å². The first-order valence-corrected chi connectivity index (χ1v) is 7.70. The van der Waals surface area contributed by atoms with Gasteiger partial charge < -0.3 is 5.32 Å². The molecule has 0 aromatic heterocycles. The summed E-state index contributed by atoms with van der Waals surface area (Å²) < 4.78 is 13.5. The van der Waals surface area contributed by atoms with Crippen LogP contribution in [0.15, 0.2) is 18.2 Å². The fourth-order valence-corrected chi connectivity index (χ4v) is 2.58. The average Bonchev–Trinajstić information content (AvgIpc) is 2.32. The van der Waals surface area contributed by atoms with Crippen LogP contribution >= 0.6 is 23.4 Å². The van der Waals surface area contributed by atoms with Crippen LogP contribution in [0.3, 0.4) is 0 Å². The molecule has 106 valence electrons. The Hall–Kier alpha value is -0.740.